The van der Waals surface area contributed by atoms with Gasteiger partial charge in [0.05, 0.1) is 5.69 Å². The minimum atomic E-state index is 0.295. The van der Waals surface area contributed by atoms with Crippen molar-refractivity contribution in [2.24, 2.45) is 5.92 Å². The largest absolute Gasteiger partial charge is 0.299 e. The van der Waals surface area contributed by atoms with Gasteiger partial charge in [-0.25, -0.2) is 0 Å². The third-order valence-corrected chi connectivity index (χ3v) is 4.57. The molecule has 1 aromatic rings. The highest BCUT2D eigenvalue weighted by Crippen LogP contribution is 2.33. The van der Waals surface area contributed by atoms with Gasteiger partial charge in [-0.15, -0.1) is 0 Å². The van der Waals surface area contributed by atoms with Crippen LogP contribution >= 0.6 is 0 Å². The van der Waals surface area contributed by atoms with Gasteiger partial charge in [-0.2, -0.15) is 0 Å². The van der Waals surface area contributed by atoms with E-state index >= 15 is 0 Å². The Bertz CT molecular complexity index is 432. The summed E-state index contributed by atoms with van der Waals surface area (Å²) in [5, 5.41) is 0. The normalized spacial score (nSPS) is 28.7. The molecule has 0 amide bonds. The van der Waals surface area contributed by atoms with Crippen molar-refractivity contribution in [1.82, 2.24) is 9.88 Å². The van der Waals surface area contributed by atoms with Crippen molar-refractivity contribution < 1.29 is 4.79 Å². The number of pyridine rings is 1. The molecule has 0 aromatic carbocycles. The van der Waals surface area contributed by atoms with Crippen LogP contribution in [-0.4, -0.2) is 28.3 Å². The van der Waals surface area contributed by atoms with E-state index in [9.17, 15) is 4.79 Å². The Morgan fingerprint density at radius 1 is 1.21 bits per heavy atom. The molecule has 0 bridgehead atoms. The van der Waals surface area contributed by atoms with Gasteiger partial charge in [0.1, 0.15) is 5.78 Å². The first-order valence-electron chi connectivity index (χ1n) is 7.51. The number of aromatic nitrogens is 1. The van der Waals surface area contributed by atoms with Crippen molar-refractivity contribution in [1.29, 1.82) is 0 Å². The number of nitrogens with zero attached hydrogens (tertiary/aromatic N) is 2. The van der Waals surface area contributed by atoms with Crippen LogP contribution in [0.25, 0.3) is 0 Å². The van der Waals surface area contributed by atoms with Gasteiger partial charge in [0.25, 0.3) is 0 Å². The molecular formula is C16H22N2O. The van der Waals surface area contributed by atoms with Crippen molar-refractivity contribution in [2.75, 3.05) is 6.54 Å². The highest BCUT2D eigenvalue weighted by Gasteiger charge is 2.36. The smallest absolute Gasteiger partial charge is 0.137 e. The molecule has 1 aliphatic heterocycles. The van der Waals surface area contributed by atoms with Crippen LogP contribution in [0.5, 0.6) is 0 Å². The van der Waals surface area contributed by atoms with E-state index in [0.717, 1.165) is 38.0 Å². The molecule has 1 aliphatic carbocycles. The Balaban J connectivity index is 1.72. The molecule has 3 rings (SSSR count). The number of hydrogen-bond acceptors (Lipinski definition) is 3. The van der Waals surface area contributed by atoms with Gasteiger partial charge >= 0.3 is 0 Å². The number of Topliss-reactive ketones (excluding diaryl/α,β-unsaturated/α-hetero) is 1. The zero-order chi connectivity index (χ0) is 13.1. The lowest BCUT2D eigenvalue weighted by atomic mass is 9.88. The van der Waals surface area contributed by atoms with Gasteiger partial charge < -0.3 is 0 Å². The summed E-state index contributed by atoms with van der Waals surface area (Å²) in [6, 6.07) is 6.55. The molecule has 3 nitrogen and oxygen atoms in total. The summed E-state index contributed by atoms with van der Waals surface area (Å²) in [6.45, 7) is 2.01. The highest BCUT2D eigenvalue weighted by molar-refractivity contribution is 5.83. The van der Waals surface area contributed by atoms with Crippen molar-refractivity contribution in [3.8, 4) is 0 Å². The molecule has 2 unspecified atom stereocenters. The Morgan fingerprint density at radius 3 is 2.89 bits per heavy atom. The van der Waals surface area contributed by atoms with Crippen LogP contribution in [0.4, 0.5) is 0 Å². The van der Waals surface area contributed by atoms with Gasteiger partial charge in [0, 0.05) is 31.1 Å². The van der Waals surface area contributed by atoms with E-state index in [2.05, 4.69) is 16.0 Å². The Kier molecular flexibility index (Phi) is 3.92. The Morgan fingerprint density at radius 2 is 2.16 bits per heavy atom. The number of likely N-dealkylation sites (tertiary alicyclic amines) is 1. The molecule has 0 N–H and O–H groups in total. The Hall–Kier alpha value is -1.22. The summed E-state index contributed by atoms with van der Waals surface area (Å²) in [7, 11) is 0. The quantitative estimate of drug-likeness (QED) is 0.836. The number of piperidine rings is 1. The van der Waals surface area contributed by atoms with Gasteiger partial charge in [0.15, 0.2) is 0 Å². The van der Waals surface area contributed by atoms with Gasteiger partial charge in [-0.3, -0.25) is 14.7 Å². The topological polar surface area (TPSA) is 33.2 Å². The first-order chi connectivity index (χ1) is 9.34. The number of ketones is 1. The van der Waals surface area contributed by atoms with E-state index in [4.69, 9.17) is 0 Å². The average Bonchev–Trinajstić information content (AvgIpc) is 2.87. The van der Waals surface area contributed by atoms with Crippen LogP contribution in [0.15, 0.2) is 24.4 Å². The third kappa shape index (κ3) is 2.86. The predicted octanol–water partition coefficient (Wildman–Crippen LogP) is 2.81. The third-order valence-electron chi connectivity index (χ3n) is 4.57. The molecule has 2 aliphatic rings. The lowest BCUT2D eigenvalue weighted by Crippen LogP contribution is -2.45. The molecule has 19 heavy (non-hydrogen) atoms. The highest BCUT2D eigenvalue weighted by atomic mass is 16.1. The van der Waals surface area contributed by atoms with Crippen LogP contribution in [-0.2, 0) is 11.3 Å². The van der Waals surface area contributed by atoms with Crippen LogP contribution < -0.4 is 0 Å². The minimum absolute atomic E-state index is 0.295. The summed E-state index contributed by atoms with van der Waals surface area (Å²) in [4.78, 5) is 19.0. The van der Waals surface area contributed by atoms with Crippen molar-refractivity contribution in [3.63, 3.8) is 0 Å². The van der Waals surface area contributed by atoms with E-state index in [1.54, 1.807) is 0 Å². The molecular weight excluding hydrogens is 236 g/mol. The number of carbonyl (C=O) groups excluding carboxylic acids is 1. The summed E-state index contributed by atoms with van der Waals surface area (Å²) in [5.41, 5.74) is 1.12. The lowest BCUT2D eigenvalue weighted by Gasteiger charge is -2.38. The fourth-order valence-electron chi connectivity index (χ4n) is 3.62. The van der Waals surface area contributed by atoms with Gasteiger partial charge in [-0.1, -0.05) is 12.5 Å². The second-order valence-electron chi connectivity index (χ2n) is 5.82. The first-order valence-corrected chi connectivity index (χ1v) is 7.51. The van der Waals surface area contributed by atoms with Crippen molar-refractivity contribution >= 4 is 5.78 Å². The minimum Gasteiger partial charge on any atom is -0.299 e. The lowest BCUT2D eigenvalue weighted by molar-refractivity contribution is -0.123. The van der Waals surface area contributed by atoms with E-state index < -0.39 is 0 Å². The second kappa shape index (κ2) is 5.83. The van der Waals surface area contributed by atoms with Crippen LogP contribution in [0.3, 0.4) is 0 Å². The maximum absolute atomic E-state index is 12.0. The number of rotatable bonds is 3. The Labute approximate surface area is 115 Å². The van der Waals surface area contributed by atoms with Crippen LogP contribution in [0, 0.1) is 5.92 Å². The van der Waals surface area contributed by atoms with Gasteiger partial charge in [0.2, 0.25) is 0 Å². The number of carbonyl (C=O) groups is 1. The molecule has 3 heteroatoms. The maximum Gasteiger partial charge on any atom is 0.137 e. The summed E-state index contributed by atoms with van der Waals surface area (Å²) < 4.78 is 0. The second-order valence-corrected chi connectivity index (χ2v) is 5.82. The molecule has 0 spiro atoms. The zero-order valence-corrected chi connectivity index (χ0v) is 11.4. The maximum atomic E-state index is 12.0. The van der Waals surface area contributed by atoms with Crippen LogP contribution in [0.1, 0.15) is 44.2 Å². The summed E-state index contributed by atoms with van der Waals surface area (Å²) in [5.74, 6) is 0.793. The molecule has 102 valence electrons. The van der Waals surface area contributed by atoms with E-state index in [0.29, 0.717) is 17.7 Å². The van der Waals surface area contributed by atoms with Crippen molar-refractivity contribution in [3.05, 3.63) is 30.1 Å². The van der Waals surface area contributed by atoms with Gasteiger partial charge in [-0.05, 0) is 44.4 Å². The van der Waals surface area contributed by atoms with Crippen LogP contribution in [0.2, 0.25) is 0 Å². The molecule has 1 saturated heterocycles. The molecule has 1 aromatic heterocycles. The van der Waals surface area contributed by atoms with E-state index in [-0.39, 0.29) is 0 Å². The van der Waals surface area contributed by atoms with E-state index in [1.807, 2.05) is 18.3 Å². The molecule has 2 atom stereocenters. The molecule has 1 saturated carbocycles. The molecule has 2 fully saturated rings. The summed E-state index contributed by atoms with van der Waals surface area (Å²) >= 11 is 0. The monoisotopic (exact) mass is 258 g/mol. The molecule has 0 radical (unpaired) electrons. The fraction of sp³-hybridized carbons (Fsp3) is 0.625. The summed E-state index contributed by atoms with van der Waals surface area (Å²) in [6.07, 6.45) is 8.56. The molecule has 2 heterocycles. The number of hydrogen-bond donors (Lipinski definition) is 0. The average molecular weight is 258 g/mol. The standard InChI is InChI=1S/C16H22N2O/c19-16-9-5-7-14(16)15-8-2-4-11-18(15)12-13-6-1-3-10-17-13/h1,3,6,10,14-15H,2,4-5,7-9,11-12H2. The SMILES string of the molecule is O=C1CCCC1C1CCCCN1Cc1ccccn1. The first kappa shape index (κ1) is 12.8. The zero-order valence-electron chi connectivity index (χ0n) is 11.4. The fourth-order valence-corrected chi connectivity index (χ4v) is 3.62. The van der Waals surface area contributed by atoms with E-state index in [1.165, 1.54) is 19.3 Å². The van der Waals surface area contributed by atoms with Crippen molar-refractivity contribution in [2.45, 2.75) is 51.1 Å². The predicted molar refractivity (Wildman–Crippen MR) is 74.6 cm³/mol.